The number of aromatic hydroxyl groups is 1. The number of anilines is 1. The first-order valence-electron chi connectivity index (χ1n) is 7.23. The summed E-state index contributed by atoms with van der Waals surface area (Å²) in [7, 11) is 0. The van der Waals surface area contributed by atoms with Gasteiger partial charge in [0.1, 0.15) is 5.75 Å². The molecule has 8 nitrogen and oxygen atoms in total. The second-order valence-corrected chi connectivity index (χ2v) is 5.54. The minimum absolute atomic E-state index is 0.154. The van der Waals surface area contributed by atoms with Crippen molar-refractivity contribution in [3.63, 3.8) is 0 Å². The summed E-state index contributed by atoms with van der Waals surface area (Å²) in [6, 6.07) is 6.15. The van der Waals surface area contributed by atoms with E-state index >= 15 is 0 Å². The van der Waals surface area contributed by atoms with Crippen LogP contribution >= 0.6 is 0 Å². The number of ether oxygens (including phenoxy) is 1. The number of allylic oxidation sites excluding steroid dienone is 1. The van der Waals surface area contributed by atoms with Crippen LogP contribution in [-0.4, -0.2) is 37.4 Å². The third-order valence-corrected chi connectivity index (χ3v) is 3.53. The third kappa shape index (κ3) is 2.75. The molecular weight excluding hydrogens is 298 g/mol. The summed E-state index contributed by atoms with van der Waals surface area (Å²) in [5.41, 5.74) is 1.84. The Morgan fingerprint density at radius 3 is 2.70 bits per heavy atom. The first kappa shape index (κ1) is 15.0. The lowest BCUT2D eigenvalue weighted by Gasteiger charge is -2.28. The van der Waals surface area contributed by atoms with Gasteiger partial charge in [0.2, 0.25) is 5.95 Å². The van der Waals surface area contributed by atoms with Gasteiger partial charge in [0.25, 0.3) is 0 Å². The van der Waals surface area contributed by atoms with Crippen LogP contribution in [0.5, 0.6) is 5.75 Å². The number of aromatic nitrogens is 4. The summed E-state index contributed by atoms with van der Waals surface area (Å²) in [6.07, 6.45) is -0.237. The molecule has 8 heteroatoms. The topological polar surface area (TPSA) is 102 Å². The van der Waals surface area contributed by atoms with Crippen molar-refractivity contribution in [2.75, 3.05) is 5.32 Å². The molecule has 23 heavy (non-hydrogen) atoms. The Bertz CT molecular complexity index is 764. The molecular formula is C15H17N5O3. The highest BCUT2D eigenvalue weighted by atomic mass is 16.5. The monoisotopic (exact) mass is 315 g/mol. The zero-order valence-electron chi connectivity index (χ0n) is 13.0. The molecule has 0 fully saturated rings. The van der Waals surface area contributed by atoms with E-state index in [0.29, 0.717) is 17.2 Å². The number of carbonyl (C=O) groups excluding carboxylic acids is 1. The van der Waals surface area contributed by atoms with Crippen LogP contribution in [0, 0.1) is 0 Å². The van der Waals surface area contributed by atoms with E-state index in [2.05, 4.69) is 20.8 Å². The molecule has 1 atom stereocenters. The summed E-state index contributed by atoms with van der Waals surface area (Å²) in [6.45, 7) is 5.36. The first-order chi connectivity index (χ1) is 11.0. The molecule has 1 aliphatic rings. The van der Waals surface area contributed by atoms with E-state index < -0.39 is 12.0 Å². The van der Waals surface area contributed by atoms with Gasteiger partial charge in [-0.2, -0.15) is 4.68 Å². The number of esters is 1. The Kier molecular flexibility index (Phi) is 3.73. The minimum Gasteiger partial charge on any atom is -0.508 e. The van der Waals surface area contributed by atoms with Crippen LogP contribution in [0.15, 0.2) is 29.8 Å². The number of hydrogen-bond donors (Lipinski definition) is 2. The van der Waals surface area contributed by atoms with Crippen molar-refractivity contribution in [3.05, 3.63) is 35.4 Å². The summed E-state index contributed by atoms with van der Waals surface area (Å²) in [5.74, 6) is 0.173. The van der Waals surface area contributed by atoms with Crippen LogP contribution in [0.3, 0.4) is 0 Å². The molecule has 120 valence electrons. The predicted molar refractivity (Wildman–Crippen MR) is 82.4 cm³/mol. The van der Waals surface area contributed by atoms with Crippen LogP contribution in [0.1, 0.15) is 32.4 Å². The molecule has 0 bridgehead atoms. The second-order valence-electron chi connectivity index (χ2n) is 5.54. The van der Waals surface area contributed by atoms with E-state index in [9.17, 15) is 9.90 Å². The van der Waals surface area contributed by atoms with Crippen molar-refractivity contribution >= 4 is 17.6 Å². The number of benzene rings is 1. The molecule has 2 heterocycles. The zero-order valence-corrected chi connectivity index (χ0v) is 13.0. The fraction of sp³-hybridized carbons (Fsp3) is 0.333. The molecule has 0 saturated heterocycles. The highest BCUT2D eigenvalue weighted by Gasteiger charge is 2.33. The number of tetrazole rings is 1. The van der Waals surface area contributed by atoms with Gasteiger partial charge in [0.15, 0.2) is 0 Å². The Labute approximate surface area is 132 Å². The Balaban J connectivity index is 2.08. The molecule has 2 aromatic rings. The molecule has 1 unspecified atom stereocenters. The Morgan fingerprint density at radius 2 is 2.04 bits per heavy atom. The van der Waals surface area contributed by atoms with E-state index in [1.165, 1.54) is 4.68 Å². The molecule has 0 radical (unpaired) electrons. The summed E-state index contributed by atoms with van der Waals surface area (Å²) in [5, 5.41) is 24.0. The fourth-order valence-electron chi connectivity index (χ4n) is 2.49. The molecule has 1 aromatic heterocycles. The van der Waals surface area contributed by atoms with Crippen LogP contribution in [0.25, 0.3) is 5.70 Å². The zero-order chi connectivity index (χ0) is 16.6. The van der Waals surface area contributed by atoms with E-state index in [-0.39, 0.29) is 11.9 Å². The fourth-order valence-corrected chi connectivity index (χ4v) is 2.49. The molecule has 0 saturated carbocycles. The van der Waals surface area contributed by atoms with Gasteiger partial charge in [-0.25, -0.2) is 4.79 Å². The largest absolute Gasteiger partial charge is 0.508 e. The number of nitrogens with one attached hydrogen (secondary N) is 1. The van der Waals surface area contributed by atoms with Crippen molar-refractivity contribution in [2.24, 2.45) is 0 Å². The smallest absolute Gasteiger partial charge is 0.338 e. The second kappa shape index (κ2) is 5.71. The van der Waals surface area contributed by atoms with Crippen molar-refractivity contribution in [1.29, 1.82) is 0 Å². The molecule has 2 N–H and O–H groups in total. The number of carbonyl (C=O) groups is 1. The number of rotatable bonds is 3. The highest BCUT2D eigenvalue weighted by Crippen LogP contribution is 2.35. The summed E-state index contributed by atoms with van der Waals surface area (Å²) >= 11 is 0. The average molecular weight is 315 g/mol. The average Bonchev–Trinajstić information content (AvgIpc) is 2.95. The van der Waals surface area contributed by atoms with Crippen LogP contribution in [-0.2, 0) is 9.53 Å². The van der Waals surface area contributed by atoms with Crippen molar-refractivity contribution in [2.45, 2.75) is 32.9 Å². The van der Waals surface area contributed by atoms with Gasteiger partial charge in [-0.05, 0) is 48.9 Å². The third-order valence-electron chi connectivity index (χ3n) is 3.53. The lowest BCUT2D eigenvalue weighted by atomic mass is 9.95. The van der Waals surface area contributed by atoms with Gasteiger partial charge in [-0.3, -0.25) is 0 Å². The summed E-state index contributed by atoms with van der Waals surface area (Å²) in [4.78, 5) is 12.5. The van der Waals surface area contributed by atoms with Crippen LogP contribution in [0.2, 0.25) is 0 Å². The number of nitrogens with zero attached hydrogens (tertiary/aromatic N) is 4. The number of phenols is 1. The van der Waals surface area contributed by atoms with E-state index in [1.807, 2.05) is 0 Å². The van der Waals surface area contributed by atoms with Crippen molar-refractivity contribution in [3.8, 4) is 5.75 Å². The quantitative estimate of drug-likeness (QED) is 0.831. The Morgan fingerprint density at radius 1 is 1.35 bits per heavy atom. The SMILES string of the molecule is CC1=C(C(=O)OC(C)C)C(c2ccc(O)cc2)Nc2nnnn21. The van der Waals surface area contributed by atoms with E-state index in [0.717, 1.165) is 5.56 Å². The van der Waals surface area contributed by atoms with Gasteiger partial charge >= 0.3 is 5.97 Å². The van der Waals surface area contributed by atoms with Gasteiger partial charge in [-0.1, -0.05) is 17.2 Å². The number of fused-ring (bicyclic) bond motifs is 1. The highest BCUT2D eigenvalue weighted by molar-refractivity contribution is 5.97. The minimum atomic E-state index is -0.458. The first-order valence-corrected chi connectivity index (χ1v) is 7.23. The maximum absolute atomic E-state index is 12.5. The number of phenolic OH excluding ortho intramolecular Hbond substituents is 1. The Hall–Kier alpha value is -2.90. The summed E-state index contributed by atoms with van der Waals surface area (Å²) < 4.78 is 6.83. The normalized spacial score (nSPS) is 17.0. The molecule has 0 amide bonds. The maximum atomic E-state index is 12.5. The van der Waals surface area contributed by atoms with Gasteiger partial charge in [-0.15, -0.1) is 0 Å². The predicted octanol–water partition coefficient (Wildman–Crippen LogP) is 1.73. The van der Waals surface area contributed by atoms with Crippen LogP contribution < -0.4 is 5.32 Å². The molecule has 0 spiro atoms. The van der Waals surface area contributed by atoms with Crippen molar-refractivity contribution < 1.29 is 14.6 Å². The molecule has 3 rings (SSSR count). The van der Waals surface area contributed by atoms with Gasteiger partial charge < -0.3 is 15.2 Å². The lowest BCUT2D eigenvalue weighted by molar-refractivity contribution is -0.142. The molecule has 0 aliphatic carbocycles. The van der Waals surface area contributed by atoms with Gasteiger partial charge in [0, 0.05) is 0 Å². The lowest BCUT2D eigenvalue weighted by Crippen LogP contribution is -2.29. The van der Waals surface area contributed by atoms with Crippen LogP contribution in [0.4, 0.5) is 5.95 Å². The molecule has 1 aromatic carbocycles. The van der Waals surface area contributed by atoms with Crippen molar-refractivity contribution in [1.82, 2.24) is 20.2 Å². The van der Waals surface area contributed by atoms with Gasteiger partial charge in [0.05, 0.1) is 23.4 Å². The van der Waals surface area contributed by atoms with E-state index in [1.54, 1.807) is 45.0 Å². The standard InChI is InChI=1S/C15H17N5O3/c1-8(2)23-14(22)12-9(3)20-15(17-18-19-20)16-13(12)10-4-6-11(21)7-5-10/h4-8,13,21H,1-3H3,(H,16,17,19). The van der Waals surface area contributed by atoms with E-state index in [4.69, 9.17) is 4.74 Å². The maximum Gasteiger partial charge on any atom is 0.338 e. The number of hydrogen-bond acceptors (Lipinski definition) is 7. The molecule has 1 aliphatic heterocycles.